The highest BCUT2D eigenvalue weighted by Gasteiger charge is 2.38. The molecular weight excluding hydrogens is 345 g/mol. The maximum atomic E-state index is 11.8. The molecule has 0 aliphatic carbocycles. The van der Waals surface area contributed by atoms with Crippen molar-refractivity contribution in [3.05, 3.63) is 18.6 Å². The van der Waals surface area contributed by atoms with Crippen molar-refractivity contribution in [2.45, 2.75) is 13.1 Å². The highest BCUT2D eigenvalue weighted by atomic mass is 19.4. The smallest absolute Gasteiger partial charge is 0.475 e. The number of anilines is 1. The van der Waals surface area contributed by atoms with Crippen molar-refractivity contribution < 1.29 is 27.9 Å². The number of aliphatic carboxylic acids is 1. The second kappa shape index (κ2) is 8.82. The van der Waals surface area contributed by atoms with Crippen molar-refractivity contribution >= 4 is 28.9 Å². The molecule has 9 nitrogen and oxygen atoms in total. The van der Waals surface area contributed by atoms with Crippen LogP contribution in [0.2, 0.25) is 0 Å². The summed E-state index contributed by atoms with van der Waals surface area (Å²) >= 11 is 0. The van der Waals surface area contributed by atoms with Gasteiger partial charge in [-0.15, -0.1) is 0 Å². The third-order valence-corrected chi connectivity index (χ3v) is 2.71. The van der Waals surface area contributed by atoms with Crippen LogP contribution < -0.4 is 16.4 Å². The van der Waals surface area contributed by atoms with Crippen LogP contribution in [0.4, 0.5) is 23.8 Å². The van der Waals surface area contributed by atoms with Crippen molar-refractivity contribution in [1.82, 2.24) is 19.9 Å². The standard InChI is InChI=1S/C11H16N6O.C2HF3O2/c1-2-13-11(18)17-6-3-8-9(14-5-4-12)15-7-16-10(8)17;3-2(4,5)1(6)7/h3,6-7H,2,4-5,12H2,1H3,(H,13,18)(H,14,15,16);(H,6,7). The van der Waals surface area contributed by atoms with Crippen molar-refractivity contribution in [2.24, 2.45) is 5.73 Å². The van der Waals surface area contributed by atoms with Crippen molar-refractivity contribution in [3.8, 4) is 0 Å². The Kier molecular flexibility index (Phi) is 7.11. The molecule has 0 radical (unpaired) electrons. The van der Waals surface area contributed by atoms with E-state index in [1.54, 1.807) is 6.20 Å². The number of aromatic nitrogens is 3. The number of fused-ring (bicyclic) bond motifs is 1. The van der Waals surface area contributed by atoms with E-state index in [1.807, 2.05) is 13.0 Å². The van der Waals surface area contributed by atoms with E-state index in [0.29, 0.717) is 31.1 Å². The average Bonchev–Trinajstić information content (AvgIpc) is 2.97. The first kappa shape index (κ1) is 20.2. The Morgan fingerprint density at radius 1 is 1.36 bits per heavy atom. The van der Waals surface area contributed by atoms with Gasteiger partial charge in [0.1, 0.15) is 12.1 Å². The number of carbonyl (C=O) groups excluding carboxylic acids is 1. The lowest BCUT2D eigenvalue weighted by atomic mass is 10.4. The molecule has 0 unspecified atom stereocenters. The second-order valence-electron chi connectivity index (χ2n) is 4.50. The predicted octanol–water partition coefficient (Wildman–Crippen LogP) is 1.01. The van der Waals surface area contributed by atoms with E-state index in [-0.39, 0.29) is 6.03 Å². The van der Waals surface area contributed by atoms with E-state index in [2.05, 4.69) is 20.6 Å². The zero-order valence-corrected chi connectivity index (χ0v) is 13.2. The van der Waals surface area contributed by atoms with Crippen LogP contribution >= 0.6 is 0 Å². The molecule has 5 N–H and O–H groups in total. The van der Waals surface area contributed by atoms with Gasteiger partial charge in [0.2, 0.25) is 0 Å². The van der Waals surface area contributed by atoms with E-state index in [9.17, 15) is 18.0 Å². The van der Waals surface area contributed by atoms with Gasteiger partial charge in [-0.1, -0.05) is 0 Å². The Bertz CT molecular complexity index is 731. The Hall–Kier alpha value is -2.89. The fourth-order valence-electron chi connectivity index (χ4n) is 1.68. The lowest BCUT2D eigenvalue weighted by molar-refractivity contribution is -0.192. The minimum absolute atomic E-state index is 0.198. The second-order valence-corrected chi connectivity index (χ2v) is 4.50. The first-order valence-corrected chi connectivity index (χ1v) is 7.06. The number of alkyl halides is 3. The predicted molar refractivity (Wildman–Crippen MR) is 83.2 cm³/mol. The number of halogens is 3. The zero-order valence-electron chi connectivity index (χ0n) is 13.2. The number of hydrogen-bond donors (Lipinski definition) is 4. The number of nitrogens with one attached hydrogen (secondary N) is 2. The molecule has 2 heterocycles. The summed E-state index contributed by atoms with van der Waals surface area (Å²) in [5, 5.41) is 13.8. The SMILES string of the molecule is CCNC(=O)n1ccc2c(NCCN)ncnc21.O=C(O)C(F)(F)F. The van der Waals surface area contributed by atoms with Crippen molar-refractivity contribution in [1.29, 1.82) is 0 Å². The molecule has 0 saturated carbocycles. The normalized spacial score (nSPS) is 10.8. The molecule has 0 saturated heterocycles. The topological polar surface area (TPSA) is 135 Å². The van der Waals surface area contributed by atoms with Crippen LogP contribution in [0.1, 0.15) is 6.92 Å². The summed E-state index contributed by atoms with van der Waals surface area (Å²) in [4.78, 5) is 29.0. The van der Waals surface area contributed by atoms with Crippen LogP contribution in [0.3, 0.4) is 0 Å². The molecule has 0 aliphatic rings. The molecule has 1 amide bonds. The molecule has 0 atom stereocenters. The van der Waals surface area contributed by atoms with Gasteiger partial charge in [-0.3, -0.25) is 4.57 Å². The molecule has 2 aromatic heterocycles. The lowest BCUT2D eigenvalue weighted by Crippen LogP contribution is -2.27. The Morgan fingerprint density at radius 2 is 2.00 bits per heavy atom. The number of nitrogens with two attached hydrogens (primary N) is 1. The summed E-state index contributed by atoms with van der Waals surface area (Å²) in [6, 6.07) is 1.61. The third-order valence-electron chi connectivity index (χ3n) is 2.71. The summed E-state index contributed by atoms with van der Waals surface area (Å²) in [5.74, 6) is -2.07. The Balaban J connectivity index is 0.000000381. The molecule has 138 valence electrons. The van der Waals surface area contributed by atoms with Crippen molar-refractivity contribution in [3.63, 3.8) is 0 Å². The fraction of sp³-hybridized carbons (Fsp3) is 0.385. The number of carboxylic acids is 1. The van der Waals surface area contributed by atoms with E-state index < -0.39 is 12.1 Å². The molecule has 0 fully saturated rings. The largest absolute Gasteiger partial charge is 0.490 e. The van der Waals surface area contributed by atoms with Crippen LogP contribution in [0.15, 0.2) is 18.6 Å². The number of carboxylic acid groups (broad SMARTS) is 1. The lowest BCUT2D eigenvalue weighted by Gasteiger charge is -2.06. The Labute approximate surface area is 140 Å². The molecule has 0 bridgehead atoms. The number of rotatable bonds is 4. The molecule has 0 spiro atoms. The van der Waals surface area contributed by atoms with Crippen LogP contribution in [0.5, 0.6) is 0 Å². The first-order valence-electron chi connectivity index (χ1n) is 7.06. The van der Waals surface area contributed by atoms with E-state index in [1.165, 1.54) is 10.9 Å². The molecule has 12 heteroatoms. The van der Waals surface area contributed by atoms with Crippen molar-refractivity contribution in [2.75, 3.05) is 25.0 Å². The van der Waals surface area contributed by atoms with E-state index >= 15 is 0 Å². The number of amides is 1. The monoisotopic (exact) mass is 362 g/mol. The van der Waals surface area contributed by atoms with Gasteiger partial charge < -0.3 is 21.5 Å². The van der Waals surface area contributed by atoms with E-state index in [0.717, 1.165) is 5.39 Å². The van der Waals surface area contributed by atoms with Gasteiger partial charge >= 0.3 is 18.2 Å². The van der Waals surface area contributed by atoms with Crippen LogP contribution in [-0.2, 0) is 4.79 Å². The minimum Gasteiger partial charge on any atom is -0.475 e. The Morgan fingerprint density at radius 3 is 2.52 bits per heavy atom. The van der Waals surface area contributed by atoms with Crippen LogP contribution in [0.25, 0.3) is 11.0 Å². The summed E-state index contributed by atoms with van der Waals surface area (Å²) in [6.45, 7) is 3.58. The molecule has 2 aromatic rings. The molecular formula is C13H17F3N6O3. The average molecular weight is 362 g/mol. The summed E-state index contributed by atoms with van der Waals surface area (Å²) < 4.78 is 33.2. The van der Waals surface area contributed by atoms with Gasteiger partial charge in [0.05, 0.1) is 5.39 Å². The number of nitrogens with zero attached hydrogens (tertiary/aromatic N) is 3. The fourth-order valence-corrected chi connectivity index (χ4v) is 1.68. The molecule has 0 aliphatic heterocycles. The molecule has 2 rings (SSSR count). The first-order chi connectivity index (χ1) is 11.7. The zero-order chi connectivity index (χ0) is 19.0. The van der Waals surface area contributed by atoms with Crippen LogP contribution in [-0.4, -0.2) is 57.5 Å². The number of carbonyl (C=O) groups is 2. The quantitative estimate of drug-likeness (QED) is 0.637. The van der Waals surface area contributed by atoms with Gasteiger partial charge in [-0.2, -0.15) is 13.2 Å². The molecule has 0 aromatic carbocycles. The number of hydrogen-bond acceptors (Lipinski definition) is 6. The van der Waals surface area contributed by atoms with Crippen LogP contribution in [0, 0.1) is 0 Å². The highest BCUT2D eigenvalue weighted by Crippen LogP contribution is 2.19. The van der Waals surface area contributed by atoms with Gasteiger partial charge in [-0.25, -0.2) is 19.6 Å². The van der Waals surface area contributed by atoms with Gasteiger partial charge in [0.15, 0.2) is 5.65 Å². The van der Waals surface area contributed by atoms with Gasteiger partial charge in [0.25, 0.3) is 0 Å². The maximum absolute atomic E-state index is 11.8. The minimum atomic E-state index is -5.08. The maximum Gasteiger partial charge on any atom is 0.490 e. The van der Waals surface area contributed by atoms with E-state index in [4.69, 9.17) is 15.6 Å². The van der Waals surface area contributed by atoms with Gasteiger partial charge in [0, 0.05) is 25.8 Å². The third kappa shape index (κ3) is 5.60. The summed E-state index contributed by atoms with van der Waals surface area (Å²) in [6.07, 6.45) is -1.98. The summed E-state index contributed by atoms with van der Waals surface area (Å²) in [7, 11) is 0. The van der Waals surface area contributed by atoms with Gasteiger partial charge in [-0.05, 0) is 13.0 Å². The molecule has 25 heavy (non-hydrogen) atoms. The highest BCUT2D eigenvalue weighted by molar-refractivity contribution is 5.94. The summed E-state index contributed by atoms with van der Waals surface area (Å²) in [5.41, 5.74) is 6.02.